The van der Waals surface area contributed by atoms with Crippen LogP contribution in [0.4, 0.5) is 0 Å². The molecular weight excluding hydrogens is 543 g/mol. The van der Waals surface area contributed by atoms with Crippen LogP contribution in [0.3, 0.4) is 0 Å². The van der Waals surface area contributed by atoms with Crippen LogP contribution in [0, 0.1) is 13.8 Å². The number of amides is 1. The smallest absolute Gasteiger partial charge is 0.277 e. The van der Waals surface area contributed by atoms with Gasteiger partial charge in [-0.3, -0.25) is 4.79 Å². The molecule has 0 aromatic heterocycles. The summed E-state index contributed by atoms with van der Waals surface area (Å²) in [6.45, 7) is 3.93. The topological polar surface area (TPSA) is 69.2 Å². The molecule has 9 heteroatoms. The number of methoxy groups -OCH3 is 1. The van der Waals surface area contributed by atoms with Crippen molar-refractivity contribution in [2.24, 2.45) is 5.10 Å². The molecule has 0 fully saturated rings. The fraction of sp³-hybridized carbons (Fsp3) is 0.200. The van der Waals surface area contributed by atoms with Gasteiger partial charge in [0.05, 0.1) is 17.8 Å². The average Bonchev–Trinajstić information content (AvgIpc) is 2.84. The van der Waals surface area contributed by atoms with Crippen LogP contribution in [0.5, 0.6) is 17.2 Å². The third kappa shape index (κ3) is 6.88. The van der Waals surface area contributed by atoms with Gasteiger partial charge in [-0.25, -0.2) is 5.43 Å². The SMILES string of the molecule is COc1cc(/C=N/NC(=O)COc2cc(C)c(Cl)c(C)c2Br)ccc1OCc1ccc(Cl)cc1. The fourth-order valence-corrected chi connectivity index (χ4v) is 3.80. The van der Waals surface area contributed by atoms with Crippen molar-refractivity contribution in [3.05, 3.63) is 85.3 Å². The maximum absolute atomic E-state index is 12.1. The van der Waals surface area contributed by atoms with E-state index in [-0.39, 0.29) is 6.61 Å². The van der Waals surface area contributed by atoms with Crippen LogP contribution < -0.4 is 19.6 Å². The summed E-state index contributed by atoms with van der Waals surface area (Å²) in [5.74, 6) is 1.28. The van der Waals surface area contributed by atoms with Crippen LogP contribution in [-0.4, -0.2) is 25.8 Å². The van der Waals surface area contributed by atoms with Gasteiger partial charge in [0.2, 0.25) is 0 Å². The number of nitrogens with zero attached hydrogens (tertiary/aromatic N) is 1. The zero-order valence-electron chi connectivity index (χ0n) is 18.8. The Morgan fingerprint density at radius 3 is 2.47 bits per heavy atom. The molecule has 0 radical (unpaired) electrons. The Morgan fingerprint density at radius 2 is 1.76 bits per heavy atom. The molecule has 0 aliphatic heterocycles. The average molecular weight is 566 g/mol. The molecule has 0 bridgehead atoms. The molecule has 6 nitrogen and oxygen atoms in total. The van der Waals surface area contributed by atoms with Crippen molar-refractivity contribution in [1.29, 1.82) is 0 Å². The Hall–Kier alpha value is -2.74. The van der Waals surface area contributed by atoms with E-state index in [1.165, 1.54) is 6.21 Å². The third-order valence-corrected chi connectivity index (χ3v) is 6.64. The van der Waals surface area contributed by atoms with E-state index in [4.69, 9.17) is 37.4 Å². The number of nitrogens with one attached hydrogen (secondary N) is 1. The molecule has 3 aromatic carbocycles. The van der Waals surface area contributed by atoms with Gasteiger partial charge in [0.15, 0.2) is 18.1 Å². The molecule has 0 saturated carbocycles. The number of hydrogen-bond acceptors (Lipinski definition) is 5. The van der Waals surface area contributed by atoms with Crippen molar-refractivity contribution in [2.45, 2.75) is 20.5 Å². The molecule has 3 rings (SSSR count). The van der Waals surface area contributed by atoms with Crippen molar-refractivity contribution in [3.8, 4) is 17.2 Å². The zero-order chi connectivity index (χ0) is 24.7. The van der Waals surface area contributed by atoms with E-state index in [2.05, 4.69) is 26.5 Å². The molecule has 1 N–H and O–H groups in total. The van der Waals surface area contributed by atoms with Crippen LogP contribution in [0.1, 0.15) is 22.3 Å². The number of aryl methyl sites for hydroxylation is 1. The number of hydrazone groups is 1. The first-order valence-electron chi connectivity index (χ1n) is 10.2. The third-order valence-electron chi connectivity index (χ3n) is 4.83. The van der Waals surface area contributed by atoms with E-state index in [9.17, 15) is 4.79 Å². The van der Waals surface area contributed by atoms with E-state index >= 15 is 0 Å². The van der Waals surface area contributed by atoms with E-state index < -0.39 is 5.91 Å². The van der Waals surface area contributed by atoms with Crippen molar-refractivity contribution in [3.63, 3.8) is 0 Å². The molecule has 0 spiro atoms. The van der Waals surface area contributed by atoms with Crippen LogP contribution in [0.25, 0.3) is 0 Å². The lowest BCUT2D eigenvalue weighted by molar-refractivity contribution is -0.123. The monoisotopic (exact) mass is 564 g/mol. The molecule has 0 atom stereocenters. The molecule has 34 heavy (non-hydrogen) atoms. The second-order valence-corrected chi connectivity index (χ2v) is 8.96. The quantitative estimate of drug-likeness (QED) is 0.238. The van der Waals surface area contributed by atoms with Gasteiger partial charge in [-0.2, -0.15) is 5.10 Å². The highest BCUT2D eigenvalue weighted by Gasteiger charge is 2.12. The summed E-state index contributed by atoms with van der Waals surface area (Å²) in [6.07, 6.45) is 1.51. The molecule has 0 aliphatic rings. The normalized spacial score (nSPS) is 10.9. The predicted molar refractivity (Wildman–Crippen MR) is 139 cm³/mol. The minimum atomic E-state index is -0.400. The van der Waals surface area contributed by atoms with Crippen molar-refractivity contribution in [2.75, 3.05) is 13.7 Å². The zero-order valence-corrected chi connectivity index (χ0v) is 21.9. The van der Waals surface area contributed by atoms with E-state index in [1.54, 1.807) is 25.3 Å². The second kappa shape index (κ2) is 12.1. The minimum absolute atomic E-state index is 0.197. The first-order chi connectivity index (χ1) is 16.3. The van der Waals surface area contributed by atoms with Gasteiger partial charge >= 0.3 is 0 Å². The number of carbonyl (C=O) groups excluding carboxylic acids is 1. The lowest BCUT2D eigenvalue weighted by Crippen LogP contribution is -2.24. The summed E-state index contributed by atoms with van der Waals surface area (Å²) in [5, 5.41) is 5.32. The highest BCUT2D eigenvalue weighted by atomic mass is 79.9. The number of ether oxygens (including phenoxy) is 3. The second-order valence-electron chi connectivity index (χ2n) is 7.35. The number of hydrogen-bond donors (Lipinski definition) is 1. The Balaban J connectivity index is 1.54. The maximum Gasteiger partial charge on any atom is 0.277 e. The molecule has 1 amide bonds. The summed E-state index contributed by atoms with van der Waals surface area (Å²) < 4.78 is 17.6. The van der Waals surface area contributed by atoms with E-state index in [0.29, 0.717) is 38.4 Å². The first kappa shape index (κ1) is 25.9. The summed E-state index contributed by atoms with van der Waals surface area (Å²) in [5.41, 5.74) is 5.87. The lowest BCUT2D eigenvalue weighted by atomic mass is 10.1. The lowest BCUT2D eigenvalue weighted by Gasteiger charge is -2.12. The predicted octanol–water partition coefficient (Wildman–Crippen LogP) is 6.49. The minimum Gasteiger partial charge on any atom is -0.493 e. The summed E-state index contributed by atoms with van der Waals surface area (Å²) in [4.78, 5) is 12.1. The highest BCUT2D eigenvalue weighted by Crippen LogP contribution is 2.35. The molecule has 0 heterocycles. The summed E-state index contributed by atoms with van der Waals surface area (Å²) >= 11 is 15.6. The Kier molecular flexibility index (Phi) is 9.21. The van der Waals surface area contributed by atoms with Gasteiger partial charge in [-0.1, -0.05) is 35.3 Å². The van der Waals surface area contributed by atoms with Crippen molar-refractivity contribution in [1.82, 2.24) is 5.43 Å². The van der Waals surface area contributed by atoms with Crippen LogP contribution in [-0.2, 0) is 11.4 Å². The highest BCUT2D eigenvalue weighted by molar-refractivity contribution is 9.10. The summed E-state index contributed by atoms with van der Waals surface area (Å²) in [7, 11) is 1.56. The molecule has 3 aromatic rings. The van der Waals surface area contributed by atoms with Gasteiger partial charge in [0, 0.05) is 10.0 Å². The van der Waals surface area contributed by atoms with Crippen LogP contribution >= 0.6 is 39.1 Å². The Morgan fingerprint density at radius 1 is 1.03 bits per heavy atom. The molecule has 178 valence electrons. The van der Waals surface area contributed by atoms with Gasteiger partial charge < -0.3 is 14.2 Å². The maximum atomic E-state index is 12.1. The fourth-order valence-electron chi connectivity index (χ4n) is 2.99. The standard InChI is InChI=1S/C25H23BrCl2N2O4/c1-15-10-22(24(26)16(2)25(15)28)34-14-23(31)30-29-12-18-6-9-20(21(11-18)32-3)33-13-17-4-7-19(27)8-5-17/h4-12H,13-14H2,1-3H3,(H,30,31)/b29-12+. The molecular formula is C25H23BrCl2N2O4. The largest absolute Gasteiger partial charge is 0.493 e. The molecule has 0 saturated heterocycles. The van der Waals surface area contributed by atoms with Gasteiger partial charge in [-0.15, -0.1) is 0 Å². The Labute approximate surface area is 216 Å². The molecule has 0 unspecified atom stereocenters. The van der Waals surface area contributed by atoms with Crippen molar-refractivity contribution >= 4 is 51.3 Å². The van der Waals surface area contributed by atoms with Gasteiger partial charge in [0.1, 0.15) is 12.4 Å². The summed E-state index contributed by atoms with van der Waals surface area (Å²) in [6, 6.07) is 14.6. The van der Waals surface area contributed by atoms with E-state index in [1.807, 2.05) is 44.2 Å². The van der Waals surface area contributed by atoms with Gasteiger partial charge in [-0.05, 0) is 88.4 Å². The molecule has 0 aliphatic carbocycles. The number of halogens is 3. The Bertz CT molecular complexity index is 1200. The number of carbonyl (C=O) groups is 1. The van der Waals surface area contributed by atoms with Crippen LogP contribution in [0.15, 0.2) is 58.1 Å². The van der Waals surface area contributed by atoms with Crippen molar-refractivity contribution < 1.29 is 19.0 Å². The number of rotatable bonds is 9. The number of benzene rings is 3. The van der Waals surface area contributed by atoms with E-state index in [0.717, 1.165) is 22.3 Å². The van der Waals surface area contributed by atoms with Gasteiger partial charge in [0.25, 0.3) is 5.91 Å². The van der Waals surface area contributed by atoms with Crippen LogP contribution in [0.2, 0.25) is 10.0 Å². The first-order valence-corrected chi connectivity index (χ1v) is 11.8.